The Hall–Kier alpha value is -1.69. The van der Waals surface area contributed by atoms with Gasteiger partial charge in [-0.3, -0.25) is 0 Å². The Kier molecular flexibility index (Phi) is 5.34. The maximum absolute atomic E-state index is 11.3. The number of carbonyl (C=O) groups is 1. The van der Waals surface area contributed by atoms with E-state index in [1.807, 2.05) is 12.1 Å². The van der Waals surface area contributed by atoms with Crippen LogP contribution in [0.25, 0.3) is 0 Å². The van der Waals surface area contributed by atoms with Crippen LogP contribution in [0.5, 0.6) is 5.75 Å². The van der Waals surface area contributed by atoms with Crippen LogP contribution >= 0.6 is 11.8 Å². The van der Waals surface area contributed by atoms with Crippen molar-refractivity contribution in [1.29, 1.82) is 0 Å². The van der Waals surface area contributed by atoms with Crippen LogP contribution in [0.4, 0.5) is 10.5 Å². The standard InChI is InChI=1S/C16H23N3O2S/c1-10(2)13-6-5-12(21-4)9-14(13)19-11(3)7-8-22-16(19)18-15(17)20/h5-6,9-11H,7-8H2,1-4H3,(H2,17,20)/b18-16-. The van der Waals surface area contributed by atoms with Gasteiger partial charge < -0.3 is 15.4 Å². The predicted octanol–water partition coefficient (Wildman–Crippen LogP) is 3.59. The number of rotatable bonds is 3. The molecule has 22 heavy (non-hydrogen) atoms. The molecule has 1 unspecified atom stereocenters. The van der Waals surface area contributed by atoms with Gasteiger partial charge >= 0.3 is 6.03 Å². The molecule has 1 fully saturated rings. The Bertz CT molecular complexity index is 587. The van der Waals surface area contributed by atoms with Crippen LogP contribution in [0.2, 0.25) is 0 Å². The summed E-state index contributed by atoms with van der Waals surface area (Å²) in [5.74, 6) is 2.08. The van der Waals surface area contributed by atoms with Gasteiger partial charge in [-0.25, -0.2) is 4.79 Å². The van der Waals surface area contributed by atoms with Crippen molar-refractivity contribution < 1.29 is 9.53 Å². The maximum Gasteiger partial charge on any atom is 0.340 e. The van der Waals surface area contributed by atoms with E-state index in [2.05, 4.69) is 36.7 Å². The number of thioether (sulfide) groups is 1. The smallest absolute Gasteiger partial charge is 0.340 e. The van der Waals surface area contributed by atoms with Gasteiger partial charge in [0.1, 0.15) is 5.75 Å². The first-order valence-electron chi connectivity index (χ1n) is 7.42. The SMILES string of the molecule is COc1ccc(C(C)C)c(N2/C(=N/C(N)=O)SCCC2C)c1. The van der Waals surface area contributed by atoms with Gasteiger partial charge in [0, 0.05) is 17.9 Å². The molecule has 1 atom stereocenters. The van der Waals surface area contributed by atoms with E-state index < -0.39 is 6.03 Å². The van der Waals surface area contributed by atoms with Crippen LogP contribution in [0.3, 0.4) is 0 Å². The number of anilines is 1. The molecular formula is C16H23N3O2S. The molecule has 0 spiro atoms. The van der Waals surface area contributed by atoms with E-state index in [0.717, 1.165) is 23.6 Å². The van der Waals surface area contributed by atoms with Gasteiger partial charge in [-0.05, 0) is 30.9 Å². The number of urea groups is 1. The van der Waals surface area contributed by atoms with Crippen LogP contribution in [-0.2, 0) is 0 Å². The fourth-order valence-electron chi connectivity index (χ4n) is 2.58. The van der Waals surface area contributed by atoms with E-state index in [1.165, 1.54) is 5.56 Å². The average molecular weight is 321 g/mol. The Morgan fingerprint density at radius 3 is 2.82 bits per heavy atom. The van der Waals surface area contributed by atoms with E-state index >= 15 is 0 Å². The molecule has 2 N–H and O–H groups in total. The van der Waals surface area contributed by atoms with Crippen molar-refractivity contribution in [1.82, 2.24) is 0 Å². The number of nitrogens with zero attached hydrogens (tertiary/aromatic N) is 2. The number of hydrogen-bond donors (Lipinski definition) is 1. The van der Waals surface area contributed by atoms with E-state index in [4.69, 9.17) is 10.5 Å². The molecule has 1 saturated heterocycles. The summed E-state index contributed by atoms with van der Waals surface area (Å²) in [4.78, 5) is 17.4. The molecule has 0 aromatic heterocycles. The van der Waals surface area contributed by atoms with Crippen molar-refractivity contribution in [3.8, 4) is 5.75 Å². The minimum atomic E-state index is -0.657. The largest absolute Gasteiger partial charge is 0.497 e. The summed E-state index contributed by atoms with van der Waals surface area (Å²) in [6.07, 6.45) is 1.02. The van der Waals surface area contributed by atoms with E-state index in [9.17, 15) is 4.79 Å². The van der Waals surface area contributed by atoms with Gasteiger partial charge in [0.05, 0.1) is 12.8 Å². The molecule has 1 aromatic carbocycles. The molecule has 0 aliphatic carbocycles. The molecule has 1 aromatic rings. The van der Waals surface area contributed by atoms with Crippen molar-refractivity contribution in [3.63, 3.8) is 0 Å². The number of amidine groups is 1. The average Bonchev–Trinajstić information content (AvgIpc) is 2.46. The van der Waals surface area contributed by atoms with Crippen LogP contribution in [0.15, 0.2) is 23.2 Å². The number of nitrogens with two attached hydrogens (primary N) is 1. The molecule has 2 rings (SSSR count). The minimum absolute atomic E-state index is 0.254. The third-order valence-electron chi connectivity index (χ3n) is 3.74. The number of carbonyl (C=O) groups excluding carboxylic acids is 1. The summed E-state index contributed by atoms with van der Waals surface area (Å²) < 4.78 is 5.37. The summed E-state index contributed by atoms with van der Waals surface area (Å²) >= 11 is 1.57. The third kappa shape index (κ3) is 3.55. The van der Waals surface area contributed by atoms with E-state index in [1.54, 1.807) is 18.9 Å². The zero-order chi connectivity index (χ0) is 16.3. The van der Waals surface area contributed by atoms with Crippen LogP contribution in [0, 0.1) is 0 Å². The van der Waals surface area contributed by atoms with Crippen molar-refractivity contribution in [2.45, 2.75) is 39.2 Å². The molecular weight excluding hydrogens is 298 g/mol. The number of benzene rings is 1. The van der Waals surface area contributed by atoms with Crippen LogP contribution < -0.4 is 15.4 Å². The molecule has 1 aliphatic rings. The van der Waals surface area contributed by atoms with Crippen molar-refractivity contribution in [2.75, 3.05) is 17.8 Å². The topological polar surface area (TPSA) is 67.9 Å². The lowest BCUT2D eigenvalue weighted by Gasteiger charge is -2.37. The third-order valence-corrected chi connectivity index (χ3v) is 4.72. The molecule has 5 nitrogen and oxygen atoms in total. The minimum Gasteiger partial charge on any atom is -0.497 e. The number of hydrogen-bond acceptors (Lipinski definition) is 3. The fourth-order valence-corrected chi connectivity index (χ4v) is 3.79. The monoisotopic (exact) mass is 321 g/mol. The predicted molar refractivity (Wildman–Crippen MR) is 93.1 cm³/mol. The summed E-state index contributed by atoms with van der Waals surface area (Å²) in [6.45, 7) is 6.44. The second-order valence-corrected chi connectivity index (χ2v) is 6.73. The molecule has 0 saturated carbocycles. The van der Waals surface area contributed by atoms with Crippen molar-refractivity contribution in [2.24, 2.45) is 10.7 Å². The summed E-state index contributed by atoms with van der Waals surface area (Å²) in [6, 6.07) is 5.64. The van der Waals surface area contributed by atoms with Crippen molar-refractivity contribution in [3.05, 3.63) is 23.8 Å². The Morgan fingerprint density at radius 1 is 1.50 bits per heavy atom. The van der Waals surface area contributed by atoms with Crippen LogP contribution in [-0.4, -0.2) is 30.1 Å². The van der Waals surface area contributed by atoms with Crippen molar-refractivity contribution >= 4 is 28.6 Å². The lowest BCUT2D eigenvalue weighted by molar-refractivity contribution is 0.256. The van der Waals surface area contributed by atoms with E-state index in [0.29, 0.717) is 11.1 Å². The zero-order valence-corrected chi connectivity index (χ0v) is 14.3. The fraction of sp³-hybridized carbons (Fsp3) is 0.500. The molecule has 1 aliphatic heterocycles. The summed E-state index contributed by atoms with van der Waals surface area (Å²) in [5, 5.41) is 0.668. The highest BCUT2D eigenvalue weighted by Crippen LogP contribution is 2.37. The molecule has 2 amide bonds. The maximum atomic E-state index is 11.3. The number of aliphatic imine (C=N–C) groups is 1. The number of ether oxygens (including phenoxy) is 1. The highest BCUT2D eigenvalue weighted by Gasteiger charge is 2.28. The number of amides is 2. The Morgan fingerprint density at radius 2 is 2.23 bits per heavy atom. The highest BCUT2D eigenvalue weighted by atomic mass is 32.2. The van der Waals surface area contributed by atoms with Gasteiger partial charge in [0.2, 0.25) is 0 Å². The quantitative estimate of drug-likeness (QED) is 0.924. The van der Waals surface area contributed by atoms with Gasteiger partial charge in [-0.15, -0.1) is 0 Å². The normalized spacial score (nSPS) is 20.5. The molecule has 120 valence electrons. The highest BCUT2D eigenvalue weighted by molar-refractivity contribution is 8.14. The first-order chi connectivity index (χ1) is 10.4. The first-order valence-corrected chi connectivity index (χ1v) is 8.40. The number of methoxy groups -OCH3 is 1. The lowest BCUT2D eigenvalue weighted by Crippen LogP contribution is -2.42. The second kappa shape index (κ2) is 7.05. The second-order valence-electron chi connectivity index (χ2n) is 5.67. The number of primary amides is 1. The molecule has 0 radical (unpaired) electrons. The lowest BCUT2D eigenvalue weighted by atomic mass is 9.99. The molecule has 0 bridgehead atoms. The first kappa shape index (κ1) is 16.7. The van der Waals surface area contributed by atoms with Gasteiger partial charge in [-0.1, -0.05) is 31.7 Å². The van der Waals surface area contributed by atoms with Gasteiger partial charge in [0.25, 0.3) is 0 Å². The molecule has 1 heterocycles. The summed E-state index contributed by atoms with van der Waals surface area (Å²) in [5.41, 5.74) is 7.51. The molecule has 6 heteroatoms. The Balaban J connectivity index is 2.56. The van der Waals surface area contributed by atoms with Gasteiger partial charge in [-0.2, -0.15) is 4.99 Å². The Labute approximate surface area is 135 Å². The van der Waals surface area contributed by atoms with Crippen LogP contribution in [0.1, 0.15) is 38.7 Å². The summed E-state index contributed by atoms with van der Waals surface area (Å²) in [7, 11) is 1.65. The van der Waals surface area contributed by atoms with E-state index in [-0.39, 0.29) is 6.04 Å². The van der Waals surface area contributed by atoms with Gasteiger partial charge in [0.15, 0.2) is 5.17 Å². The zero-order valence-electron chi connectivity index (χ0n) is 13.5.